The van der Waals surface area contributed by atoms with E-state index in [1.165, 1.54) is 30.3 Å². The van der Waals surface area contributed by atoms with Crippen LogP contribution in [0.25, 0.3) is 27.4 Å². The maximum absolute atomic E-state index is 15.0. The predicted octanol–water partition coefficient (Wildman–Crippen LogP) is 7.76. The van der Waals surface area contributed by atoms with Crippen LogP contribution in [0.3, 0.4) is 0 Å². The van der Waals surface area contributed by atoms with Gasteiger partial charge in [0.2, 0.25) is 0 Å². The number of benzene rings is 2. The Labute approximate surface area is 212 Å². The molecular weight excluding hydrogens is 516 g/mol. The molecule has 0 bridgehead atoms. The molecule has 2 aromatic carbocycles. The molecule has 0 unspecified atom stereocenters. The molecule has 4 aromatic rings. The van der Waals surface area contributed by atoms with Crippen molar-refractivity contribution in [1.82, 2.24) is 10.1 Å². The van der Waals surface area contributed by atoms with Crippen LogP contribution in [0.5, 0.6) is 0 Å². The molecule has 2 N–H and O–H groups in total. The standard InChI is InChI=1S/C25H19ClF4N4OS/c1-3-14-6-4-9-18(27)19(14)21-20(24-32-13(2)12-36-24)22(35-34-21)17(11-31)23(25(28,29)30)33-16-8-5-7-15(26)10-16/h4-12H,3,31H2,1-2H3. The Hall–Kier alpha value is -3.50. The molecule has 0 radical (unpaired) electrons. The number of nitrogens with two attached hydrogens (primary N) is 1. The summed E-state index contributed by atoms with van der Waals surface area (Å²) in [5, 5.41) is 6.24. The van der Waals surface area contributed by atoms with Gasteiger partial charge in [-0.2, -0.15) is 13.2 Å². The topological polar surface area (TPSA) is 77.3 Å². The minimum Gasteiger partial charge on any atom is -0.404 e. The van der Waals surface area contributed by atoms with Crippen LogP contribution in [0, 0.1) is 12.7 Å². The number of aliphatic imine (C=N–C) groups is 1. The van der Waals surface area contributed by atoms with Gasteiger partial charge in [-0.15, -0.1) is 11.3 Å². The fourth-order valence-electron chi connectivity index (χ4n) is 3.65. The summed E-state index contributed by atoms with van der Waals surface area (Å²) in [6.45, 7) is 3.56. The van der Waals surface area contributed by atoms with Gasteiger partial charge in [-0.3, -0.25) is 0 Å². The van der Waals surface area contributed by atoms with E-state index in [9.17, 15) is 13.2 Å². The molecule has 0 saturated heterocycles. The number of alkyl halides is 3. The lowest BCUT2D eigenvalue weighted by molar-refractivity contribution is -0.0571. The molecule has 5 nitrogen and oxygen atoms in total. The van der Waals surface area contributed by atoms with Crippen molar-refractivity contribution in [3.63, 3.8) is 0 Å². The Morgan fingerprint density at radius 1 is 1.19 bits per heavy atom. The number of allylic oxidation sites excluding steroid dienone is 1. The Morgan fingerprint density at radius 3 is 2.56 bits per heavy atom. The van der Waals surface area contributed by atoms with Crippen LogP contribution in [0.2, 0.25) is 5.02 Å². The third-order valence-electron chi connectivity index (χ3n) is 5.23. The van der Waals surface area contributed by atoms with Gasteiger partial charge < -0.3 is 10.3 Å². The summed E-state index contributed by atoms with van der Waals surface area (Å²) in [6, 6.07) is 10.2. The molecule has 0 aliphatic rings. The van der Waals surface area contributed by atoms with Gasteiger partial charge in [0.15, 0.2) is 11.5 Å². The number of hydrogen-bond donors (Lipinski definition) is 1. The first-order valence-electron chi connectivity index (χ1n) is 10.7. The zero-order chi connectivity index (χ0) is 26.0. The Balaban J connectivity index is 2.01. The number of thiazole rings is 1. The van der Waals surface area contributed by atoms with E-state index >= 15 is 4.39 Å². The van der Waals surface area contributed by atoms with E-state index in [2.05, 4.69) is 15.1 Å². The molecule has 0 aliphatic carbocycles. The second-order valence-corrected chi connectivity index (χ2v) is 8.97. The van der Waals surface area contributed by atoms with E-state index in [0.29, 0.717) is 22.7 Å². The van der Waals surface area contributed by atoms with Crippen molar-refractivity contribution in [3.8, 4) is 21.8 Å². The summed E-state index contributed by atoms with van der Waals surface area (Å²) in [7, 11) is 0. The average molecular weight is 535 g/mol. The van der Waals surface area contributed by atoms with Gasteiger partial charge in [0.1, 0.15) is 16.5 Å². The van der Waals surface area contributed by atoms with Crippen molar-refractivity contribution in [2.45, 2.75) is 26.4 Å². The van der Waals surface area contributed by atoms with Crippen LogP contribution < -0.4 is 5.73 Å². The molecule has 2 heterocycles. The fourth-order valence-corrected chi connectivity index (χ4v) is 4.68. The summed E-state index contributed by atoms with van der Waals surface area (Å²) in [5.41, 5.74) is 5.25. The van der Waals surface area contributed by atoms with Gasteiger partial charge in [-0.05, 0) is 43.2 Å². The van der Waals surface area contributed by atoms with Crippen molar-refractivity contribution in [3.05, 3.63) is 81.9 Å². The van der Waals surface area contributed by atoms with Crippen LogP contribution in [0.15, 0.2) is 63.6 Å². The summed E-state index contributed by atoms with van der Waals surface area (Å²) in [4.78, 5) is 8.20. The maximum atomic E-state index is 15.0. The van der Waals surface area contributed by atoms with Crippen LogP contribution in [-0.4, -0.2) is 22.0 Å². The summed E-state index contributed by atoms with van der Waals surface area (Å²) < 4.78 is 63.3. The SMILES string of the molecule is CCc1cccc(F)c1-c1noc(C(=CN)C(=Nc2cccc(Cl)c2)C(F)(F)F)c1-c1nc(C)cs1. The number of nitrogens with zero attached hydrogens (tertiary/aromatic N) is 3. The molecule has 0 saturated carbocycles. The highest BCUT2D eigenvalue weighted by molar-refractivity contribution is 7.13. The Morgan fingerprint density at radius 2 is 1.94 bits per heavy atom. The zero-order valence-corrected chi connectivity index (χ0v) is 20.6. The van der Waals surface area contributed by atoms with E-state index in [0.717, 1.165) is 17.5 Å². The van der Waals surface area contributed by atoms with E-state index in [4.69, 9.17) is 21.9 Å². The molecular formula is C25H19ClF4N4OS. The Bertz CT molecular complexity index is 1470. The number of hydrogen-bond acceptors (Lipinski definition) is 6. The van der Waals surface area contributed by atoms with E-state index in [1.807, 2.05) is 6.92 Å². The summed E-state index contributed by atoms with van der Waals surface area (Å²) >= 11 is 7.10. The van der Waals surface area contributed by atoms with Crippen LogP contribution in [0.4, 0.5) is 23.2 Å². The van der Waals surface area contributed by atoms with E-state index in [1.54, 1.807) is 24.4 Å². The molecule has 2 aromatic heterocycles. The minimum atomic E-state index is -4.93. The highest BCUT2D eigenvalue weighted by Crippen LogP contribution is 2.43. The molecule has 0 aliphatic heterocycles. The number of rotatable bonds is 6. The molecule has 11 heteroatoms. The maximum Gasteiger partial charge on any atom is 0.434 e. The molecule has 0 spiro atoms. The van der Waals surface area contributed by atoms with Crippen molar-refractivity contribution >= 4 is 39.9 Å². The second-order valence-electron chi connectivity index (χ2n) is 7.68. The first kappa shape index (κ1) is 25.6. The quantitative estimate of drug-likeness (QED) is 0.202. The first-order valence-corrected chi connectivity index (χ1v) is 11.9. The van der Waals surface area contributed by atoms with E-state index < -0.39 is 23.3 Å². The molecule has 0 amide bonds. The van der Waals surface area contributed by atoms with Crippen molar-refractivity contribution in [2.75, 3.05) is 0 Å². The van der Waals surface area contributed by atoms with Gasteiger partial charge in [0.25, 0.3) is 0 Å². The zero-order valence-electron chi connectivity index (χ0n) is 19.0. The fraction of sp³-hybridized carbons (Fsp3) is 0.160. The van der Waals surface area contributed by atoms with Gasteiger partial charge in [-0.25, -0.2) is 14.4 Å². The van der Waals surface area contributed by atoms with Gasteiger partial charge in [-0.1, -0.05) is 41.9 Å². The second kappa shape index (κ2) is 10.2. The van der Waals surface area contributed by atoms with E-state index in [-0.39, 0.29) is 33.3 Å². The molecule has 0 fully saturated rings. The number of halogens is 5. The highest BCUT2D eigenvalue weighted by Gasteiger charge is 2.42. The minimum absolute atomic E-state index is 0.0259. The lowest BCUT2D eigenvalue weighted by atomic mass is 9.96. The van der Waals surface area contributed by atoms with Crippen LogP contribution in [0.1, 0.15) is 23.9 Å². The monoisotopic (exact) mass is 534 g/mol. The lowest BCUT2D eigenvalue weighted by Gasteiger charge is -2.13. The third kappa shape index (κ3) is 5.05. The molecule has 4 rings (SSSR count). The van der Waals surface area contributed by atoms with Crippen LogP contribution in [-0.2, 0) is 6.42 Å². The largest absolute Gasteiger partial charge is 0.434 e. The molecule has 186 valence electrons. The van der Waals surface area contributed by atoms with Crippen LogP contribution >= 0.6 is 22.9 Å². The number of aryl methyl sites for hydroxylation is 2. The average Bonchev–Trinajstić information content (AvgIpc) is 3.44. The van der Waals surface area contributed by atoms with Gasteiger partial charge in [0.05, 0.1) is 16.8 Å². The number of aromatic nitrogens is 2. The normalized spacial score (nSPS) is 12.9. The Kier molecular flexibility index (Phi) is 7.28. The van der Waals surface area contributed by atoms with Crippen molar-refractivity contribution < 1.29 is 22.1 Å². The van der Waals surface area contributed by atoms with Crippen molar-refractivity contribution in [2.24, 2.45) is 10.7 Å². The summed E-state index contributed by atoms with van der Waals surface area (Å²) in [6.07, 6.45) is -3.73. The predicted molar refractivity (Wildman–Crippen MR) is 134 cm³/mol. The first-order chi connectivity index (χ1) is 17.1. The third-order valence-corrected chi connectivity index (χ3v) is 6.44. The summed E-state index contributed by atoms with van der Waals surface area (Å²) in [5.74, 6) is -0.920. The van der Waals surface area contributed by atoms with Gasteiger partial charge in [0, 0.05) is 27.9 Å². The molecule has 36 heavy (non-hydrogen) atoms. The lowest BCUT2D eigenvalue weighted by Crippen LogP contribution is -2.25. The van der Waals surface area contributed by atoms with Crippen molar-refractivity contribution in [1.29, 1.82) is 0 Å². The molecule has 0 atom stereocenters. The van der Waals surface area contributed by atoms with Gasteiger partial charge >= 0.3 is 6.18 Å². The highest BCUT2D eigenvalue weighted by atomic mass is 35.5. The smallest absolute Gasteiger partial charge is 0.404 e.